The first-order valence-electron chi connectivity index (χ1n) is 6.76. The number of ether oxygens (including phenoxy) is 1. The quantitative estimate of drug-likeness (QED) is 0.749. The Hall–Kier alpha value is -0.120. The lowest BCUT2D eigenvalue weighted by atomic mass is 9.67. The van der Waals surface area contributed by atoms with Crippen LogP contribution in [0, 0.1) is 5.41 Å². The first-order chi connectivity index (χ1) is 7.68. The molecule has 0 atom stereocenters. The molecule has 3 heteroatoms. The summed E-state index contributed by atoms with van der Waals surface area (Å²) in [5.74, 6) is 0. The van der Waals surface area contributed by atoms with Crippen LogP contribution in [0.2, 0.25) is 0 Å². The van der Waals surface area contributed by atoms with E-state index in [1.54, 1.807) is 0 Å². The molecule has 0 spiro atoms. The van der Waals surface area contributed by atoms with E-state index in [9.17, 15) is 0 Å². The molecule has 0 aromatic rings. The van der Waals surface area contributed by atoms with Crippen molar-refractivity contribution in [1.29, 1.82) is 0 Å². The van der Waals surface area contributed by atoms with Crippen molar-refractivity contribution in [3.8, 4) is 0 Å². The molecule has 16 heavy (non-hydrogen) atoms. The van der Waals surface area contributed by atoms with Gasteiger partial charge in [0.2, 0.25) is 0 Å². The summed E-state index contributed by atoms with van der Waals surface area (Å²) in [6.45, 7) is 6.09. The summed E-state index contributed by atoms with van der Waals surface area (Å²) < 4.78 is 5.36. The molecule has 1 aliphatic heterocycles. The molecule has 2 fully saturated rings. The minimum absolute atomic E-state index is 0.0169. The van der Waals surface area contributed by atoms with E-state index in [1.807, 2.05) is 0 Å². The van der Waals surface area contributed by atoms with E-state index in [2.05, 4.69) is 12.2 Å². The lowest BCUT2D eigenvalue weighted by Crippen LogP contribution is -2.54. The van der Waals surface area contributed by atoms with Gasteiger partial charge in [-0.05, 0) is 37.5 Å². The molecule has 0 aromatic heterocycles. The first kappa shape index (κ1) is 12.3. The van der Waals surface area contributed by atoms with Gasteiger partial charge in [0.05, 0.1) is 0 Å². The summed E-state index contributed by atoms with van der Waals surface area (Å²) in [6, 6.07) is 0. The summed E-state index contributed by atoms with van der Waals surface area (Å²) in [7, 11) is 0. The topological polar surface area (TPSA) is 47.3 Å². The van der Waals surface area contributed by atoms with E-state index in [1.165, 1.54) is 25.7 Å². The van der Waals surface area contributed by atoms with Crippen molar-refractivity contribution in [2.45, 2.75) is 51.0 Å². The Labute approximate surface area is 99.1 Å². The van der Waals surface area contributed by atoms with Gasteiger partial charge < -0.3 is 15.8 Å². The van der Waals surface area contributed by atoms with E-state index in [0.717, 1.165) is 39.1 Å². The van der Waals surface area contributed by atoms with Gasteiger partial charge in [-0.15, -0.1) is 0 Å². The standard InChI is InChI=1S/C13H26N2O/c1-2-12(4-3-5-12)10-15-11-13(14)6-8-16-9-7-13/h15H,2-11,14H2,1H3. The van der Waals surface area contributed by atoms with Crippen molar-refractivity contribution in [1.82, 2.24) is 5.32 Å². The van der Waals surface area contributed by atoms with Gasteiger partial charge >= 0.3 is 0 Å². The van der Waals surface area contributed by atoms with Crippen LogP contribution in [0.5, 0.6) is 0 Å². The second-order valence-electron chi connectivity index (χ2n) is 5.79. The Bertz CT molecular complexity index is 214. The van der Waals surface area contributed by atoms with Gasteiger partial charge in [-0.1, -0.05) is 13.3 Å². The zero-order chi connectivity index (χ0) is 11.5. The van der Waals surface area contributed by atoms with E-state index >= 15 is 0 Å². The summed E-state index contributed by atoms with van der Waals surface area (Å²) in [4.78, 5) is 0. The summed E-state index contributed by atoms with van der Waals surface area (Å²) in [5, 5.41) is 3.61. The number of nitrogens with one attached hydrogen (secondary N) is 1. The highest BCUT2D eigenvalue weighted by Gasteiger charge is 2.35. The molecular formula is C13H26N2O. The summed E-state index contributed by atoms with van der Waals surface area (Å²) in [5.41, 5.74) is 6.93. The predicted octanol–water partition coefficient (Wildman–Crippen LogP) is 1.66. The molecule has 0 unspecified atom stereocenters. The van der Waals surface area contributed by atoms with Crippen molar-refractivity contribution >= 4 is 0 Å². The smallest absolute Gasteiger partial charge is 0.0484 e. The maximum atomic E-state index is 6.35. The lowest BCUT2D eigenvalue weighted by Gasteiger charge is -2.43. The Morgan fingerprint density at radius 2 is 1.81 bits per heavy atom. The molecule has 2 rings (SSSR count). The Morgan fingerprint density at radius 1 is 1.12 bits per heavy atom. The van der Waals surface area contributed by atoms with Gasteiger partial charge in [-0.3, -0.25) is 0 Å². The van der Waals surface area contributed by atoms with E-state index in [0.29, 0.717) is 5.41 Å². The first-order valence-corrected chi connectivity index (χ1v) is 6.76. The van der Waals surface area contributed by atoms with Gasteiger partial charge in [0.15, 0.2) is 0 Å². The van der Waals surface area contributed by atoms with Crippen LogP contribution in [0.15, 0.2) is 0 Å². The third-order valence-corrected chi connectivity index (χ3v) is 4.63. The molecular weight excluding hydrogens is 200 g/mol. The molecule has 94 valence electrons. The fourth-order valence-corrected chi connectivity index (χ4v) is 2.86. The molecule has 0 amide bonds. The van der Waals surface area contributed by atoms with Crippen LogP contribution in [0.25, 0.3) is 0 Å². The molecule has 0 radical (unpaired) electrons. The fourth-order valence-electron chi connectivity index (χ4n) is 2.86. The third kappa shape index (κ3) is 2.76. The molecule has 1 aliphatic carbocycles. The fraction of sp³-hybridized carbons (Fsp3) is 1.00. The van der Waals surface area contributed by atoms with Gasteiger partial charge in [0, 0.05) is 31.8 Å². The molecule has 0 aromatic carbocycles. The SMILES string of the molecule is CCC1(CNCC2(N)CCOCC2)CCC1. The second-order valence-corrected chi connectivity index (χ2v) is 5.79. The van der Waals surface area contributed by atoms with Crippen LogP contribution in [-0.2, 0) is 4.74 Å². The van der Waals surface area contributed by atoms with Crippen LogP contribution < -0.4 is 11.1 Å². The van der Waals surface area contributed by atoms with Gasteiger partial charge in [-0.2, -0.15) is 0 Å². The molecule has 0 bridgehead atoms. The Morgan fingerprint density at radius 3 is 2.31 bits per heavy atom. The summed E-state index contributed by atoms with van der Waals surface area (Å²) in [6.07, 6.45) is 7.52. The number of nitrogens with two attached hydrogens (primary N) is 1. The van der Waals surface area contributed by atoms with E-state index in [4.69, 9.17) is 10.5 Å². The zero-order valence-corrected chi connectivity index (χ0v) is 10.6. The van der Waals surface area contributed by atoms with Crippen molar-refractivity contribution in [2.24, 2.45) is 11.1 Å². The van der Waals surface area contributed by atoms with Crippen LogP contribution >= 0.6 is 0 Å². The van der Waals surface area contributed by atoms with Gasteiger partial charge in [-0.25, -0.2) is 0 Å². The van der Waals surface area contributed by atoms with Crippen LogP contribution in [-0.4, -0.2) is 31.8 Å². The lowest BCUT2D eigenvalue weighted by molar-refractivity contribution is 0.0494. The average Bonchev–Trinajstić information content (AvgIpc) is 2.23. The van der Waals surface area contributed by atoms with Crippen LogP contribution in [0.4, 0.5) is 0 Å². The van der Waals surface area contributed by atoms with Crippen molar-refractivity contribution in [3.63, 3.8) is 0 Å². The predicted molar refractivity (Wildman–Crippen MR) is 66.4 cm³/mol. The maximum absolute atomic E-state index is 6.35. The normalized spacial score (nSPS) is 27.4. The van der Waals surface area contributed by atoms with Gasteiger partial charge in [0.1, 0.15) is 0 Å². The van der Waals surface area contributed by atoms with Crippen LogP contribution in [0.1, 0.15) is 45.4 Å². The van der Waals surface area contributed by atoms with Crippen molar-refractivity contribution < 1.29 is 4.74 Å². The number of rotatable bonds is 5. The van der Waals surface area contributed by atoms with Gasteiger partial charge in [0.25, 0.3) is 0 Å². The minimum atomic E-state index is -0.0169. The van der Waals surface area contributed by atoms with Crippen molar-refractivity contribution in [3.05, 3.63) is 0 Å². The molecule has 3 nitrogen and oxygen atoms in total. The highest BCUT2D eigenvalue weighted by atomic mass is 16.5. The Balaban J connectivity index is 1.70. The van der Waals surface area contributed by atoms with E-state index in [-0.39, 0.29) is 5.54 Å². The van der Waals surface area contributed by atoms with E-state index < -0.39 is 0 Å². The van der Waals surface area contributed by atoms with Crippen molar-refractivity contribution in [2.75, 3.05) is 26.3 Å². The highest BCUT2D eigenvalue weighted by molar-refractivity contribution is 4.92. The molecule has 1 saturated carbocycles. The summed E-state index contributed by atoms with van der Waals surface area (Å²) >= 11 is 0. The zero-order valence-electron chi connectivity index (χ0n) is 10.6. The number of hydrogen-bond donors (Lipinski definition) is 2. The second kappa shape index (κ2) is 5.03. The maximum Gasteiger partial charge on any atom is 0.0484 e. The Kier molecular flexibility index (Phi) is 3.88. The highest BCUT2D eigenvalue weighted by Crippen LogP contribution is 2.43. The number of hydrogen-bond acceptors (Lipinski definition) is 3. The molecule has 1 saturated heterocycles. The van der Waals surface area contributed by atoms with Crippen LogP contribution in [0.3, 0.4) is 0 Å². The monoisotopic (exact) mass is 226 g/mol. The molecule has 3 N–H and O–H groups in total. The molecule has 1 heterocycles. The molecule has 2 aliphatic rings. The third-order valence-electron chi connectivity index (χ3n) is 4.63. The average molecular weight is 226 g/mol. The minimum Gasteiger partial charge on any atom is -0.381 e. The largest absolute Gasteiger partial charge is 0.381 e.